The van der Waals surface area contributed by atoms with Gasteiger partial charge in [0.15, 0.2) is 0 Å². The number of ether oxygens (including phenoxy) is 1. The highest BCUT2D eigenvalue weighted by Crippen LogP contribution is 2.29. The number of unbranched alkanes of at least 4 members (excludes halogenated alkanes) is 1. The average molecular weight is 441 g/mol. The van der Waals surface area contributed by atoms with Crippen molar-refractivity contribution in [2.45, 2.75) is 50.0 Å². The van der Waals surface area contributed by atoms with Crippen LogP contribution in [0, 0.1) is 0 Å². The summed E-state index contributed by atoms with van der Waals surface area (Å²) in [4.78, 5) is 55.1. The van der Waals surface area contributed by atoms with Crippen LogP contribution in [-0.4, -0.2) is 52.6 Å². The Morgan fingerprint density at radius 3 is 2.55 bits per heavy atom. The van der Waals surface area contributed by atoms with Gasteiger partial charge in [0.1, 0.15) is 10.8 Å². The largest absolute Gasteiger partial charge is 0.381 e. The topological polar surface area (TPSA) is 103 Å². The van der Waals surface area contributed by atoms with E-state index in [1.165, 1.54) is 0 Å². The molecule has 0 radical (unpaired) electrons. The summed E-state index contributed by atoms with van der Waals surface area (Å²) in [5.74, 6) is -0.688. The summed E-state index contributed by atoms with van der Waals surface area (Å²) in [6.45, 7) is 0.796. The molecule has 1 aromatic rings. The number of hydrogen-bond acceptors (Lipinski definition) is 9. The van der Waals surface area contributed by atoms with Gasteiger partial charge in [-0.15, -0.1) is 5.06 Å². The van der Waals surface area contributed by atoms with Gasteiger partial charge in [0.05, 0.1) is 6.61 Å². The molecule has 29 heavy (non-hydrogen) atoms. The van der Waals surface area contributed by atoms with Crippen molar-refractivity contribution in [2.75, 3.05) is 19.0 Å². The van der Waals surface area contributed by atoms with Crippen LogP contribution in [0.4, 0.5) is 0 Å². The number of nitrogens with zero attached hydrogens (tertiary/aromatic N) is 2. The lowest BCUT2D eigenvalue weighted by Gasteiger charge is -2.12. The molecule has 0 saturated carbocycles. The van der Waals surface area contributed by atoms with E-state index in [0.29, 0.717) is 44.0 Å². The zero-order chi connectivity index (χ0) is 20.9. The molecule has 158 valence electrons. The summed E-state index contributed by atoms with van der Waals surface area (Å²) >= 11 is 0. The van der Waals surface area contributed by atoms with Crippen molar-refractivity contribution in [3.63, 3.8) is 0 Å². The molecule has 1 aliphatic heterocycles. The molecular weight excluding hydrogens is 416 g/mol. The molecule has 0 atom stereocenters. The maximum Gasteiger partial charge on any atom is 0.333 e. The Hall–Kier alpha value is -1.91. The van der Waals surface area contributed by atoms with Crippen LogP contribution in [0.5, 0.6) is 0 Å². The lowest BCUT2D eigenvalue weighted by Crippen LogP contribution is -2.31. The predicted molar refractivity (Wildman–Crippen MR) is 109 cm³/mol. The minimum absolute atomic E-state index is 0.0838. The second-order valence-electron chi connectivity index (χ2n) is 6.23. The summed E-state index contributed by atoms with van der Waals surface area (Å²) in [7, 11) is 3.16. The second kappa shape index (κ2) is 13.3. The highest BCUT2D eigenvalue weighted by Gasteiger charge is 2.32. The number of pyridine rings is 1. The van der Waals surface area contributed by atoms with Crippen LogP contribution in [0.3, 0.4) is 0 Å². The monoisotopic (exact) mass is 440 g/mol. The molecule has 1 aliphatic rings. The molecule has 1 saturated heterocycles. The van der Waals surface area contributed by atoms with Gasteiger partial charge in [-0.1, -0.05) is 16.9 Å². The highest BCUT2D eigenvalue weighted by molar-refractivity contribution is 8.76. The van der Waals surface area contributed by atoms with E-state index < -0.39 is 17.8 Å². The van der Waals surface area contributed by atoms with Gasteiger partial charge in [-0.2, -0.15) is 0 Å². The molecule has 2 heterocycles. The molecule has 10 heteroatoms. The molecule has 0 aliphatic carbocycles. The van der Waals surface area contributed by atoms with Gasteiger partial charge in [-0.25, -0.2) is 9.78 Å². The minimum atomic E-state index is -0.607. The molecule has 0 aromatic carbocycles. The van der Waals surface area contributed by atoms with Crippen LogP contribution in [-0.2, 0) is 28.8 Å². The van der Waals surface area contributed by atoms with Crippen molar-refractivity contribution in [1.29, 1.82) is 0 Å². The Bertz CT molecular complexity index is 685. The standard InChI is InChI=1S/C19H24N2O6S2/c22-15(10-14-28-29-16-5-1-3-11-20-16)9-13-26-12-4-2-6-19(25)27-21-17(23)7-8-18(21)24/h1,3,5,11H,2,4,6-10,12-14H2. The van der Waals surface area contributed by atoms with Gasteiger partial charge < -0.3 is 9.57 Å². The summed E-state index contributed by atoms with van der Waals surface area (Å²) in [5, 5.41) is 1.48. The molecular formula is C19H24N2O6S2. The number of rotatable bonds is 14. The number of hydroxylamine groups is 2. The first kappa shape index (κ1) is 23.4. The van der Waals surface area contributed by atoms with Crippen LogP contribution in [0.15, 0.2) is 29.4 Å². The fourth-order valence-corrected chi connectivity index (χ4v) is 4.26. The number of hydrogen-bond donors (Lipinski definition) is 0. The van der Waals surface area contributed by atoms with Crippen molar-refractivity contribution < 1.29 is 28.8 Å². The van der Waals surface area contributed by atoms with E-state index in [1.54, 1.807) is 27.8 Å². The molecule has 0 spiro atoms. The smallest absolute Gasteiger partial charge is 0.333 e. The highest BCUT2D eigenvalue weighted by atomic mass is 33.1. The number of amides is 2. The number of ketones is 1. The number of carbonyl (C=O) groups is 4. The van der Waals surface area contributed by atoms with Crippen molar-refractivity contribution in [3.8, 4) is 0 Å². The van der Waals surface area contributed by atoms with E-state index in [2.05, 4.69) is 4.98 Å². The van der Waals surface area contributed by atoms with E-state index in [1.807, 2.05) is 18.2 Å². The Morgan fingerprint density at radius 1 is 1.03 bits per heavy atom. The number of aromatic nitrogens is 1. The first-order valence-corrected chi connectivity index (χ1v) is 11.7. The number of imide groups is 1. The third-order valence-electron chi connectivity index (χ3n) is 3.89. The Kier molecular flexibility index (Phi) is 10.7. The third kappa shape index (κ3) is 9.42. The zero-order valence-electron chi connectivity index (χ0n) is 16.0. The third-order valence-corrected chi connectivity index (χ3v) is 6.16. The molecule has 0 N–H and O–H groups in total. The normalized spacial score (nSPS) is 13.7. The molecule has 2 amide bonds. The van der Waals surface area contributed by atoms with Crippen LogP contribution in [0.2, 0.25) is 0 Å². The molecule has 0 unspecified atom stereocenters. The maximum absolute atomic E-state index is 11.8. The lowest BCUT2D eigenvalue weighted by atomic mass is 10.2. The maximum atomic E-state index is 11.8. The molecule has 1 fully saturated rings. The van der Waals surface area contributed by atoms with E-state index in [0.717, 1.165) is 10.8 Å². The summed E-state index contributed by atoms with van der Waals surface area (Å²) < 4.78 is 5.42. The van der Waals surface area contributed by atoms with Gasteiger partial charge in [-0.05, 0) is 35.8 Å². The van der Waals surface area contributed by atoms with E-state index >= 15 is 0 Å². The fourth-order valence-electron chi connectivity index (χ4n) is 2.35. The van der Waals surface area contributed by atoms with Crippen molar-refractivity contribution in [2.24, 2.45) is 0 Å². The zero-order valence-corrected chi connectivity index (χ0v) is 17.7. The Morgan fingerprint density at radius 2 is 1.83 bits per heavy atom. The van der Waals surface area contributed by atoms with Crippen molar-refractivity contribution in [3.05, 3.63) is 24.4 Å². The Labute approximate surface area is 177 Å². The van der Waals surface area contributed by atoms with Crippen molar-refractivity contribution >= 4 is 45.2 Å². The Balaban J connectivity index is 1.40. The van der Waals surface area contributed by atoms with E-state index in [9.17, 15) is 19.2 Å². The molecule has 1 aromatic heterocycles. The minimum Gasteiger partial charge on any atom is -0.381 e. The summed E-state index contributed by atoms with van der Waals surface area (Å²) in [5.41, 5.74) is 0. The number of Topliss-reactive ketones (excluding diaryl/α,β-unsaturated/α-hetero) is 1. The van der Waals surface area contributed by atoms with Crippen LogP contribution in [0.1, 0.15) is 44.9 Å². The summed E-state index contributed by atoms with van der Waals surface area (Å²) in [6, 6.07) is 5.72. The quantitative estimate of drug-likeness (QED) is 0.245. The van der Waals surface area contributed by atoms with Gasteiger partial charge in [-0.3, -0.25) is 14.4 Å². The van der Waals surface area contributed by atoms with E-state index in [-0.39, 0.29) is 25.0 Å². The fraction of sp³-hybridized carbons (Fsp3) is 0.526. The SMILES string of the molecule is O=C(CCOCCCCC(=O)ON1C(=O)CCC1=O)CCSSc1ccccn1. The van der Waals surface area contributed by atoms with Gasteiger partial charge in [0, 0.05) is 50.7 Å². The molecule has 2 rings (SSSR count). The first-order chi connectivity index (χ1) is 14.1. The van der Waals surface area contributed by atoms with Gasteiger partial charge >= 0.3 is 5.97 Å². The van der Waals surface area contributed by atoms with Crippen LogP contribution < -0.4 is 0 Å². The molecule has 8 nitrogen and oxygen atoms in total. The number of carbonyl (C=O) groups excluding carboxylic acids is 4. The second-order valence-corrected chi connectivity index (χ2v) is 8.66. The molecule has 0 bridgehead atoms. The lowest BCUT2D eigenvalue weighted by molar-refractivity contribution is -0.197. The predicted octanol–water partition coefficient (Wildman–Crippen LogP) is 2.97. The first-order valence-electron chi connectivity index (χ1n) is 9.43. The van der Waals surface area contributed by atoms with Gasteiger partial charge in [0.2, 0.25) is 0 Å². The van der Waals surface area contributed by atoms with Crippen LogP contribution in [0.25, 0.3) is 0 Å². The summed E-state index contributed by atoms with van der Waals surface area (Å²) in [6.07, 6.45) is 4.02. The van der Waals surface area contributed by atoms with E-state index in [4.69, 9.17) is 9.57 Å². The van der Waals surface area contributed by atoms with Crippen LogP contribution >= 0.6 is 21.6 Å². The van der Waals surface area contributed by atoms with Crippen molar-refractivity contribution in [1.82, 2.24) is 10.0 Å². The van der Waals surface area contributed by atoms with Gasteiger partial charge in [0.25, 0.3) is 11.8 Å². The average Bonchev–Trinajstić information content (AvgIpc) is 3.03.